The molecule has 1 atom stereocenters. The van der Waals surface area contributed by atoms with E-state index < -0.39 is 24.7 Å². The minimum atomic E-state index is -4.75. The lowest BCUT2D eigenvalue weighted by Crippen LogP contribution is -2.40. The Morgan fingerprint density at radius 1 is 1.50 bits per heavy atom. The molecule has 0 aromatic heterocycles. The highest BCUT2D eigenvalue weighted by molar-refractivity contribution is 6.31. The van der Waals surface area contributed by atoms with Gasteiger partial charge in [0.05, 0.1) is 6.54 Å². The number of benzene rings is 1. The smallest absolute Gasteiger partial charge is 0.382 e. The minimum absolute atomic E-state index is 0.139. The summed E-state index contributed by atoms with van der Waals surface area (Å²) in [6.45, 7) is 0.839. The van der Waals surface area contributed by atoms with Gasteiger partial charge in [0.2, 0.25) is 0 Å². The van der Waals surface area contributed by atoms with Crippen molar-refractivity contribution in [2.24, 2.45) is 0 Å². The zero-order chi connectivity index (χ0) is 13.9. The highest BCUT2D eigenvalue weighted by Crippen LogP contribution is 2.20. The van der Waals surface area contributed by atoms with Crippen molar-refractivity contribution in [3.8, 4) is 0 Å². The second kappa shape index (κ2) is 5.58. The van der Waals surface area contributed by atoms with Gasteiger partial charge < -0.3 is 10.4 Å². The lowest BCUT2D eigenvalue weighted by molar-refractivity contribution is -0.201. The average Bonchev–Trinajstić information content (AvgIpc) is 2.27. The lowest BCUT2D eigenvalue weighted by atomic mass is 10.1. The van der Waals surface area contributed by atoms with E-state index in [0.29, 0.717) is 5.02 Å². The third kappa shape index (κ3) is 3.89. The van der Waals surface area contributed by atoms with Gasteiger partial charge in [0.1, 0.15) is 0 Å². The summed E-state index contributed by atoms with van der Waals surface area (Å²) in [7, 11) is 0. The van der Waals surface area contributed by atoms with Gasteiger partial charge >= 0.3 is 6.18 Å². The molecule has 0 heterocycles. The van der Waals surface area contributed by atoms with Crippen molar-refractivity contribution >= 4 is 17.5 Å². The first kappa shape index (κ1) is 14.8. The number of halogens is 4. The van der Waals surface area contributed by atoms with Crippen LogP contribution >= 0.6 is 11.6 Å². The Bertz CT molecular complexity index is 448. The molecule has 0 radical (unpaired) electrons. The molecule has 0 aliphatic carbocycles. The van der Waals surface area contributed by atoms with Crippen molar-refractivity contribution in [1.29, 1.82) is 0 Å². The number of carbonyl (C=O) groups is 1. The second-order valence-electron chi connectivity index (χ2n) is 3.73. The molecular weight excluding hydrogens is 271 g/mol. The van der Waals surface area contributed by atoms with E-state index >= 15 is 0 Å². The van der Waals surface area contributed by atoms with Crippen LogP contribution in [0.1, 0.15) is 15.9 Å². The van der Waals surface area contributed by atoms with Crippen LogP contribution in [-0.4, -0.2) is 29.8 Å². The Morgan fingerprint density at radius 2 is 2.11 bits per heavy atom. The van der Waals surface area contributed by atoms with Crippen molar-refractivity contribution < 1.29 is 23.1 Å². The van der Waals surface area contributed by atoms with Crippen molar-refractivity contribution in [2.75, 3.05) is 6.54 Å². The third-order valence-corrected chi connectivity index (χ3v) is 2.68. The van der Waals surface area contributed by atoms with Crippen LogP contribution in [0.25, 0.3) is 0 Å². The highest BCUT2D eigenvalue weighted by atomic mass is 35.5. The summed E-state index contributed by atoms with van der Waals surface area (Å²) in [5, 5.41) is 11.0. The molecule has 7 heteroatoms. The summed E-state index contributed by atoms with van der Waals surface area (Å²) in [6.07, 6.45) is -7.33. The molecule has 1 amide bonds. The number of aryl methyl sites for hydroxylation is 1. The summed E-state index contributed by atoms with van der Waals surface area (Å²) < 4.78 is 36.0. The SMILES string of the molecule is Cc1ccc(C(=O)NC[C@H](O)C(F)(F)F)cc1Cl. The Hall–Kier alpha value is -1.27. The highest BCUT2D eigenvalue weighted by Gasteiger charge is 2.38. The molecular formula is C11H11ClF3NO2. The van der Waals surface area contributed by atoms with E-state index in [0.717, 1.165) is 5.56 Å². The zero-order valence-corrected chi connectivity index (χ0v) is 10.1. The first-order chi connectivity index (χ1) is 8.21. The van der Waals surface area contributed by atoms with E-state index in [1.807, 2.05) is 5.32 Å². The maximum absolute atomic E-state index is 12.0. The molecule has 0 bridgehead atoms. The fourth-order valence-electron chi connectivity index (χ4n) is 1.14. The normalized spacial score (nSPS) is 13.2. The van der Waals surface area contributed by atoms with Crippen molar-refractivity contribution in [3.05, 3.63) is 34.3 Å². The molecule has 0 unspecified atom stereocenters. The number of nitrogens with one attached hydrogen (secondary N) is 1. The Kier molecular flexibility index (Phi) is 4.59. The average molecular weight is 282 g/mol. The standard InChI is InChI=1S/C11H11ClF3NO2/c1-6-2-3-7(4-8(6)12)10(18)16-5-9(17)11(13,14)15/h2-4,9,17H,5H2,1H3,(H,16,18)/t9-/m0/s1. The molecule has 100 valence electrons. The maximum atomic E-state index is 12.0. The van der Waals surface area contributed by atoms with Crippen LogP contribution in [0.15, 0.2) is 18.2 Å². The number of aliphatic hydroxyl groups excluding tert-OH is 1. The van der Waals surface area contributed by atoms with Crippen LogP contribution in [0, 0.1) is 6.92 Å². The number of hydrogen-bond acceptors (Lipinski definition) is 2. The van der Waals surface area contributed by atoms with E-state index in [4.69, 9.17) is 16.7 Å². The van der Waals surface area contributed by atoms with Crippen LogP contribution < -0.4 is 5.32 Å². The first-order valence-corrected chi connectivity index (χ1v) is 5.38. The summed E-state index contributed by atoms with van der Waals surface area (Å²) in [6, 6.07) is 4.38. The summed E-state index contributed by atoms with van der Waals surface area (Å²) in [5.74, 6) is -0.722. The van der Waals surface area contributed by atoms with Crippen LogP contribution in [0.3, 0.4) is 0 Å². The molecule has 3 nitrogen and oxygen atoms in total. The quantitative estimate of drug-likeness (QED) is 0.893. The Balaban J connectivity index is 2.63. The van der Waals surface area contributed by atoms with Gasteiger partial charge in [-0.1, -0.05) is 17.7 Å². The number of rotatable bonds is 3. The van der Waals surface area contributed by atoms with Crippen LogP contribution in [-0.2, 0) is 0 Å². The number of amides is 1. The molecule has 18 heavy (non-hydrogen) atoms. The van der Waals surface area contributed by atoms with Crippen molar-refractivity contribution in [2.45, 2.75) is 19.2 Å². The molecule has 2 N–H and O–H groups in total. The molecule has 1 aromatic rings. The van der Waals surface area contributed by atoms with Crippen molar-refractivity contribution in [1.82, 2.24) is 5.32 Å². The predicted molar refractivity (Wildman–Crippen MR) is 60.6 cm³/mol. The van der Waals surface area contributed by atoms with Gasteiger partial charge in [0.15, 0.2) is 6.10 Å². The van der Waals surface area contributed by atoms with E-state index in [1.165, 1.54) is 12.1 Å². The minimum Gasteiger partial charge on any atom is -0.382 e. The number of hydrogen-bond donors (Lipinski definition) is 2. The molecule has 0 spiro atoms. The van der Waals surface area contributed by atoms with Crippen LogP contribution in [0.4, 0.5) is 13.2 Å². The van der Waals surface area contributed by atoms with Gasteiger partial charge in [-0.2, -0.15) is 13.2 Å². The van der Waals surface area contributed by atoms with Gasteiger partial charge in [-0.05, 0) is 24.6 Å². The van der Waals surface area contributed by atoms with Gasteiger partial charge in [-0.3, -0.25) is 4.79 Å². The first-order valence-electron chi connectivity index (χ1n) is 5.01. The summed E-state index contributed by atoms with van der Waals surface area (Å²) >= 11 is 5.78. The van der Waals surface area contributed by atoms with E-state index in [2.05, 4.69) is 0 Å². The monoisotopic (exact) mass is 281 g/mol. The number of aliphatic hydroxyl groups is 1. The fraction of sp³-hybridized carbons (Fsp3) is 0.364. The zero-order valence-electron chi connectivity index (χ0n) is 9.38. The largest absolute Gasteiger partial charge is 0.416 e. The summed E-state index contributed by atoms with van der Waals surface area (Å²) in [5.41, 5.74) is 0.892. The maximum Gasteiger partial charge on any atom is 0.416 e. The number of alkyl halides is 3. The Morgan fingerprint density at radius 3 is 2.61 bits per heavy atom. The molecule has 0 saturated heterocycles. The van der Waals surface area contributed by atoms with Crippen LogP contribution in [0.2, 0.25) is 5.02 Å². The molecule has 0 aliphatic heterocycles. The molecule has 1 rings (SSSR count). The molecule has 1 aromatic carbocycles. The van der Waals surface area contributed by atoms with Gasteiger partial charge in [-0.25, -0.2) is 0 Å². The van der Waals surface area contributed by atoms with E-state index in [1.54, 1.807) is 13.0 Å². The van der Waals surface area contributed by atoms with Crippen molar-refractivity contribution in [3.63, 3.8) is 0 Å². The third-order valence-electron chi connectivity index (χ3n) is 2.27. The molecule has 0 aliphatic rings. The fourth-order valence-corrected chi connectivity index (χ4v) is 1.32. The van der Waals surface area contributed by atoms with E-state index in [9.17, 15) is 18.0 Å². The molecule has 0 saturated carbocycles. The van der Waals surface area contributed by atoms with Gasteiger partial charge in [0.25, 0.3) is 5.91 Å². The van der Waals surface area contributed by atoms with E-state index in [-0.39, 0.29) is 5.56 Å². The van der Waals surface area contributed by atoms with Gasteiger partial charge in [-0.15, -0.1) is 0 Å². The number of carbonyl (C=O) groups excluding carboxylic acids is 1. The second-order valence-corrected chi connectivity index (χ2v) is 4.14. The predicted octanol–water partition coefficient (Wildman–Crippen LogP) is 2.30. The topological polar surface area (TPSA) is 49.3 Å². The summed E-state index contributed by atoms with van der Waals surface area (Å²) in [4.78, 5) is 11.5. The van der Waals surface area contributed by atoms with Gasteiger partial charge in [0, 0.05) is 10.6 Å². The van der Waals surface area contributed by atoms with Crippen LogP contribution in [0.5, 0.6) is 0 Å². The molecule has 0 fully saturated rings. The Labute approximate surface area is 107 Å². The lowest BCUT2D eigenvalue weighted by Gasteiger charge is -2.15.